The van der Waals surface area contributed by atoms with Gasteiger partial charge in [0, 0.05) is 25.0 Å². The summed E-state index contributed by atoms with van der Waals surface area (Å²) in [5.74, 6) is 0.0587. The van der Waals surface area contributed by atoms with E-state index >= 15 is 0 Å². The third kappa shape index (κ3) is 6.03. The minimum Gasteiger partial charge on any atom is -0.389 e. The number of hydrogen-bond acceptors (Lipinski definition) is 3. The van der Waals surface area contributed by atoms with E-state index in [2.05, 4.69) is 10.6 Å². The Balaban J connectivity index is 2.10. The Morgan fingerprint density at radius 2 is 1.88 bits per heavy atom. The van der Waals surface area contributed by atoms with Crippen molar-refractivity contribution < 1.29 is 9.90 Å². The molecule has 0 unspecified atom stereocenters. The van der Waals surface area contributed by atoms with Crippen molar-refractivity contribution in [1.82, 2.24) is 10.6 Å². The fourth-order valence-corrected chi connectivity index (χ4v) is 2.21. The zero-order chi connectivity index (χ0) is 12.9. The number of rotatable bonds is 5. The van der Waals surface area contributed by atoms with E-state index < -0.39 is 5.60 Å². The molecule has 0 atom stereocenters. The molecule has 0 saturated heterocycles. The molecule has 4 heteroatoms. The van der Waals surface area contributed by atoms with Gasteiger partial charge in [-0.05, 0) is 33.6 Å². The van der Waals surface area contributed by atoms with Crippen LogP contribution in [0.1, 0.15) is 52.9 Å². The molecule has 0 radical (unpaired) electrons. The summed E-state index contributed by atoms with van der Waals surface area (Å²) in [7, 11) is 0. The first kappa shape index (κ1) is 14.5. The van der Waals surface area contributed by atoms with Gasteiger partial charge in [0.05, 0.1) is 5.60 Å². The van der Waals surface area contributed by atoms with Crippen molar-refractivity contribution in [3.05, 3.63) is 0 Å². The van der Waals surface area contributed by atoms with Crippen molar-refractivity contribution in [2.45, 2.75) is 64.0 Å². The summed E-state index contributed by atoms with van der Waals surface area (Å²) in [5.41, 5.74) is -0.693. The second-order valence-electron chi connectivity index (χ2n) is 6.16. The Morgan fingerprint density at radius 3 is 2.41 bits per heavy atom. The normalized spacial score (nSPS) is 19.3. The van der Waals surface area contributed by atoms with E-state index in [1.54, 1.807) is 0 Å². The van der Waals surface area contributed by atoms with Crippen molar-refractivity contribution in [1.29, 1.82) is 0 Å². The van der Waals surface area contributed by atoms with Gasteiger partial charge in [-0.1, -0.05) is 12.8 Å². The lowest BCUT2D eigenvalue weighted by Crippen LogP contribution is -2.43. The largest absolute Gasteiger partial charge is 0.389 e. The first-order valence-electron chi connectivity index (χ1n) is 6.55. The maximum absolute atomic E-state index is 11.5. The lowest BCUT2D eigenvalue weighted by atomic mass is 10.0. The predicted molar refractivity (Wildman–Crippen MR) is 68.8 cm³/mol. The highest BCUT2D eigenvalue weighted by molar-refractivity contribution is 5.76. The van der Waals surface area contributed by atoms with Gasteiger partial charge < -0.3 is 15.7 Å². The number of carbonyl (C=O) groups excluding carboxylic acids is 1. The van der Waals surface area contributed by atoms with Gasteiger partial charge >= 0.3 is 0 Å². The van der Waals surface area contributed by atoms with Gasteiger partial charge in [-0.2, -0.15) is 0 Å². The van der Waals surface area contributed by atoms with Crippen LogP contribution in [-0.2, 0) is 4.79 Å². The molecule has 1 fully saturated rings. The first-order chi connectivity index (χ1) is 7.81. The van der Waals surface area contributed by atoms with Crippen LogP contribution in [-0.4, -0.2) is 35.2 Å². The molecule has 0 aromatic carbocycles. The van der Waals surface area contributed by atoms with Crippen molar-refractivity contribution in [2.24, 2.45) is 0 Å². The summed E-state index contributed by atoms with van der Waals surface area (Å²) in [4.78, 5) is 11.5. The van der Waals surface area contributed by atoms with E-state index in [1.807, 2.05) is 20.8 Å². The van der Waals surface area contributed by atoms with Gasteiger partial charge in [0.25, 0.3) is 0 Å². The van der Waals surface area contributed by atoms with Gasteiger partial charge in [-0.3, -0.25) is 4.79 Å². The second kappa shape index (κ2) is 5.83. The lowest BCUT2D eigenvalue weighted by Gasteiger charge is -2.23. The molecule has 1 saturated carbocycles. The number of amides is 1. The molecule has 1 aliphatic carbocycles. The van der Waals surface area contributed by atoms with E-state index in [1.165, 1.54) is 0 Å². The highest BCUT2D eigenvalue weighted by Crippen LogP contribution is 2.28. The fraction of sp³-hybridized carbons (Fsp3) is 0.923. The van der Waals surface area contributed by atoms with Crippen LogP contribution in [0.25, 0.3) is 0 Å². The molecule has 1 amide bonds. The van der Waals surface area contributed by atoms with Gasteiger partial charge in [0.1, 0.15) is 0 Å². The highest BCUT2D eigenvalue weighted by atomic mass is 16.3. The molecule has 0 aromatic heterocycles. The van der Waals surface area contributed by atoms with Crippen LogP contribution in [0.4, 0.5) is 0 Å². The highest BCUT2D eigenvalue weighted by Gasteiger charge is 2.30. The second-order valence-corrected chi connectivity index (χ2v) is 6.16. The smallest absolute Gasteiger partial charge is 0.221 e. The van der Waals surface area contributed by atoms with Crippen molar-refractivity contribution in [2.75, 3.05) is 13.1 Å². The Kier molecular flexibility index (Phi) is 4.95. The Bertz CT molecular complexity index is 253. The maximum atomic E-state index is 11.5. The predicted octanol–water partition coefficient (Wildman–Crippen LogP) is 1.19. The topological polar surface area (TPSA) is 61.4 Å². The molecule has 4 nitrogen and oxygen atoms in total. The number of carbonyl (C=O) groups is 1. The van der Waals surface area contributed by atoms with Crippen LogP contribution in [0.5, 0.6) is 0 Å². The fourth-order valence-electron chi connectivity index (χ4n) is 2.21. The van der Waals surface area contributed by atoms with Crippen molar-refractivity contribution >= 4 is 5.91 Å². The van der Waals surface area contributed by atoms with Gasteiger partial charge in [0.2, 0.25) is 5.91 Å². The third-order valence-corrected chi connectivity index (χ3v) is 3.03. The van der Waals surface area contributed by atoms with Crippen LogP contribution >= 0.6 is 0 Å². The number of hydrogen-bond donors (Lipinski definition) is 3. The molecule has 1 rings (SSSR count). The summed E-state index contributed by atoms with van der Waals surface area (Å²) in [5, 5.41) is 16.2. The minimum atomic E-state index is -0.527. The molecule has 3 N–H and O–H groups in total. The summed E-state index contributed by atoms with van der Waals surface area (Å²) < 4.78 is 0. The molecule has 0 bridgehead atoms. The van der Waals surface area contributed by atoms with Gasteiger partial charge in [0.15, 0.2) is 0 Å². The van der Waals surface area contributed by atoms with E-state index in [-0.39, 0.29) is 11.4 Å². The van der Waals surface area contributed by atoms with Crippen molar-refractivity contribution in [3.63, 3.8) is 0 Å². The average molecular weight is 242 g/mol. The van der Waals surface area contributed by atoms with Crippen LogP contribution in [0.15, 0.2) is 0 Å². The monoisotopic (exact) mass is 242 g/mol. The van der Waals surface area contributed by atoms with E-state index in [0.29, 0.717) is 19.5 Å². The number of aliphatic hydroxyl groups is 1. The minimum absolute atomic E-state index is 0.0587. The van der Waals surface area contributed by atoms with Gasteiger partial charge in [-0.15, -0.1) is 0 Å². The summed E-state index contributed by atoms with van der Waals surface area (Å²) in [6.45, 7) is 7.15. The quantitative estimate of drug-likeness (QED) is 0.635. The molecular formula is C13H26N2O2. The summed E-state index contributed by atoms with van der Waals surface area (Å²) >= 11 is 0. The van der Waals surface area contributed by atoms with Crippen LogP contribution in [0, 0.1) is 0 Å². The van der Waals surface area contributed by atoms with E-state index in [0.717, 1.165) is 25.7 Å². The first-order valence-corrected chi connectivity index (χ1v) is 6.55. The average Bonchev–Trinajstić information content (AvgIpc) is 2.58. The molecule has 0 heterocycles. The third-order valence-electron chi connectivity index (χ3n) is 3.03. The summed E-state index contributed by atoms with van der Waals surface area (Å²) in [6, 6.07) is 0. The van der Waals surface area contributed by atoms with E-state index in [4.69, 9.17) is 0 Å². The van der Waals surface area contributed by atoms with Gasteiger partial charge in [-0.25, -0.2) is 0 Å². The molecule has 0 aliphatic heterocycles. The zero-order valence-electron chi connectivity index (χ0n) is 11.3. The number of nitrogens with one attached hydrogen (secondary N) is 2. The SMILES string of the molecule is CC(C)(C)NC(=O)CCNCC1(O)CCCC1. The molecule has 0 spiro atoms. The van der Waals surface area contributed by atoms with Crippen LogP contribution < -0.4 is 10.6 Å². The molecule has 100 valence electrons. The molecular weight excluding hydrogens is 216 g/mol. The van der Waals surface area contributed by atoms with Crippen molar-refractivity contribution in [3.8, 4) is 0 Å². The molecule has 1 aliphatic rings. The summed E-state index contributed by atoms with van der Waals surface area (Å²) in [6.07, 6.45) is 4.46. The van der Waals surface area contributed by atoms with Crippen LogP contribution in [0.3, 0.4) is 0 Å². The Morgan fingerprint density at radius 1 is 1.29 bits per heavy atom. The Labute approximate surface area is 104 Å². The maximum Gasteiger partial charge on any atom is 0.221 e. The lowest BCUT2D eigenvalue weighted by molar-refractivity contribution is -0.122. The standard InChI is InChI=1S/C13H26N2O2/c1-12(2,3)15-11(16)6-9-14-10-13(17)7-4-5-8-13/h14,17H,4-10H2,1-3H3,(H,15,16). The van der Waals surface area contributed by atoms with E-state index in [9.17, 15) is 9.90 Å². The zero-order valence-corrected chi connectivity index (χ0v) is 11.3. The molecule has 17 heavy (non-hydrogen) atoms. The Hall–Kier alpha value is -0.610. The molecule has 0 aromatic rings. The van der Waals surface area contributed by atoms with Crippen LogP contribution in [0.2, 0.25) is 0 Å².